The Morgan fingerprint density at radius 2 is 2.00 bits per heavy atom. The first-order valence-electron chi connectivity index (χ1n) is 5.61. The van der Waals surface area contributed by atoms with Gasteiger partial charge < -0.3 is 0 Å². The molecule has 0 atom stereocenters. The molecular weight excluding hydrogens is 214 g/mol. The Bertz CT molecular complexity index is 570. The Kier molecular flexibility index (Phi) is 3.04. The van der Waals surface area contributed by atoms with Gasteiger partial charge in [-0.25, -0.2) is 0 Å². The van der Waals surface area contributed by atoms with Gasteiger partial charge in [0.15, 0.2) is 0 Å². The van der Waals surface area contributed by atoms with Crippen molar-refractivity contribution in [2.45, 2.75) is 26.7 Å². The van der Waals surface area contributed by atoms with Gasteiger partial charge in [-0.3, -0.25) is 9.78 Å². The fraction of sp³-hybridized carbons (Fsp3) is 0.308. The van der Waals surface area contributed by atoms with Crippen LogP contribution in [0, 0.1) is 6.92 Å². The lowest BCUT2D eigenvalue weighted by molar-refractivity contribution is 0.778. The fourth-order valence-corrected chi connectivity index (χ4v) is 1.55. The third-order valence-corrected chi connectivity index (χ3v) is 2.64. The first kappa shape index (κ1) is 11.5. The van der Waals surface area contributed by atoms with E-state index in [0.717, 1.165) is 5.69 Å². The summed E-state index contributed by atoms with van der Waals surface area (Å²) in [6.45, 7) is 5.94. The number of aryl methyl sites for hydroxylation is 1. The highest BCUT2D eigenvalue weighted by Gasteiger charge is 2.05. The predicted molar refractivity (Wildman–Crippen MR) is 66.5 cm³/mol. The summed E-state index contributed by atoms with van der Waals surface area (Å²) in [7, 11) is 0. The zero-order valence-electron chi connectivity index (χ0n) is 10.2. The van der Waals surface area contributed by atoms with E-state index in [2.05, 4.69) is 23.9 Å². The van der Waals surface area contributed by atoms with Crippen LogP contribution in [-0.2, 0) is 0 Å². The van der Waals surface area contributed by atoms with E-state index in [-0.39, 0.29) is 5.56 Å². The summed E-state index contributed by atoms with van der Waals surface area (Å²) in [5, 5.41) is 4.05. The summed E-state index contributed by atoms with van der Waals surface area (Å²) in [4.78, 5) is 16.2. The van der Waals surface area contributed by atoms with Gasteiger partial charge >= 0.3 is 0 Å². The second kappa shape index (κ2) is 4.49. The minimum absolute atomic E-state index is 0.105. The Labute approximate surface area is 99.9 Å². The zero-order chi connectivity index (χ0) is 12.4. The maximum Gasteiger partial charge on any atom is 0.274 e. The van der Waals surface area contributed by atoms with Gasteiger partial charge in [0.2, 0.25) is 0 Å². The van der Waals surface area contributed by atoms with Crippen LogP contribution >= 0.6 is 0 Å². The summed E-state index contributed by atoms with van der Waals surface area (Å²) in [6, 6.07) is 5.50. The van der Waals surface area contributed by atoms with E-state index in [1.165, 1.54) is 4.68 Å². The molecule has 0 saturated carbocycles. The highest BCUT2D eigenvalue weighted by molar-refractivity contribution is 5.29. The van der Waals surface area contributed by atoms with Gasteiger partial charge in [-0.2, -0.15) is 9.78 Å². The van der Waals surface area contributed by atoms with Crippen molar-refractivity contribution in [3.8, 4) is 5.69 Å². The van der Waals surface area contributed by atoms with Crippen molar-refractivity contribution in [1.82, 2.24) is 14.8 Å². The lowest BCUT2D eigenvalue weighted by Crippen LogP contribution is -2.22. The summed E-state index contributed by atoms with van der Waals surface area (Å²) >= 11 is 0. The van der Waals surface area contributed by atoms with Gasteiger partial charge in [-0.05, 0) is 31.0 Å². The van der Waals surface area contributed by atoms with E-state index in [4.69, 9.17) is 0 Å². The van der Waals surface area contributed by atoms with Gasteiger partial charge in [0.1, 0.15) is 0 Å². The van der Waals surface area contributed by atoms with Crippen LogP contribution in [0.5, 0.6) is 0 Å². The molecule has 2 heterocycles. The molecule has 2 rings (SSSR count). The van der Waals surface area contributed by atoms with Crippen LogP contribution in [0.4, 0.5) is 0 Å². The fourth-order valence-electron chi connectivity index (χ4n) is 1.55. The van der Waals surface area contributed by atoms with Crippen molar-refractivity contribution in [3.05, 3.63) is 52.2 Å². The second-order valence-corrected chi connectivity index (χ2v) is 4.33. The molecule has 0 spiro atoms. The molecule has 4 nitrogen and oxygen atoms in total. The normalized spacial score (nSPS) is 10.8. The molecule has 0 amide bonds. The molecule has 2 aromatic rings. The van der Waals surface area contributed by atoms with E-state index in [1.807, 2.05) is 12.1 Å². The molecule has 0 aliphatic carbocycles. The Morgan fingerprint density at radius 3 is 2.59 bits per heavy atom. The Morgan fingerprint density at radius 1 is 1.24 bits per heavy atom. The van der Waals surface area contributed by atoms with Crippen LogP contribution < -0.4 is 5.56 Å². The van der Waals surface area contributed by atoms with Gasteiger partial charge in [0.25, 0.3) is 5.56 Å². The van der Waals surface area contributed by atoms with Gasteiger partial charge in [-0.1, -0.05) is 13.8 Å². The molecular formula is C13H15N3O. The molecule has 0 unspecified atom stereocenters. The van der Waals surface area contributed by atoms with Crippen molar-refractivity contribution in [2.24, 2.45) is 0 Å². The summed E-state index contributed by atoms with van der Waals surface area (Å²) in [6.07, 6.45) is 3.30. The van der Waals surface area contributed by atoms with Crippen molar-refractivity contribution in [2.75, 3.05) is 0 Å². The molecule has 17 heavy (non-hydrogen) atoms. The van der Waals surface area contributed by atoms with Gasteiger partial charge in [-0.15, -0.1) is 0 Å². The Balaban J connectivity index is 2.47. The second-order valence-electron chi connectivity index (χ2n) is 4.33. The van der Waals surface area contributed by atoms with E-state index >= 15 is 0 Å². The monoisotopic (exact) mass is 229 g/mol. The quantitative estimate of drug-likeness (QED) is 0.792. The average molecular weight is 229 g/mol. The number of rotatable bonds is 2. The molecule has 0 N–H and O–H groups in total. The third kappa shape index (κ3) is 2.25. The molecule has 0 saturated heterocycles. The van der Waals surface area contributed by atoms with Crippen LogP contribution in [0.3, 0.4) is 0 Å². The SMILES string of the molecule is Cc1ccnn(-c2ccc(C(C)C)nc2)c1=O. The highest BCUT2D eigenvalue weighted by atomic mass is 16.1. The number of hydrogen-bond acceptors (Lipinski definition) is 3. The average Bonchev–Trinajstić information content (AvgIpc) is 2.33. The van der Waals surface area contributed by atoms with E-state index < -0.39 is 0 Å². The molecule has 0 aromatic carbocycles. The van der Waals surface area contributed by atoms with Crippen molar-refractivity contribution in [3.63, 3.8) is 0 Å². The molecule has 0 aliphatic rings. The summed E-state index contributed by atoms with van der Waals surface area (Å²) < 4.78 is 1.37. The predicted octanol–water partition coefficient (Wildman–Crippen LogP) is 2.06. The largest absolute Gasteiger partial charge is 0.274 e. The molecule has 0 fully saturated rings. The first-order chi connectivity index (χ1) is 8.09. The maximum atomic E-state index is 11.9. The molecule has 2 aromatic heterocycles. The van der Waals surface area contributed by atoms with Crippen LogP contribution in [-0.4, -0.2) is 14.8 Å². The number of hydrogen-bond donors (Lipinski definition) is 0. The smallest absolute Gasteiger partial charge is 0.267 e. The maximum absolute atomic E-state index is 11.9. The minimum atomic E-state index is -0.105. The molecule has 88 valence electrons. The zero-order valence-corrected chi connectivity index (χ0v) is 10.2. The summed E-state index contributed by atoms with van der Waals surface area (Å²) in [5.41, 5.74) is 2.28. The van der Waals surface area contributed by atoms with E-state index in [1.54, 1.807) is 25.4 Å². The topological polar surface area (TPSA) is 47.8 Å². The van der Waals surface area contributed by atoms with Crippen LogP contribution in [0.1, 0.15) is 31.0 Å². The van der Waals surface area contributed by atoms with Crippen LogP contribution in [0.25, 0.3) is 5.69 Å². The lowest BCUT2D eigenvalue weighted by Gasteiger charge is -2.07. The Hall–Kier alpha value is -1.97. The third-order valence-electron chi connectivity index (χ3n) is 2.64. The van der Waals surface area contributed by atoms with Crippen LogP contribution in [0.15, 0.2) is 35.4 Å². The first-order valence-corrected chi connectivity index (χ1v) is 5.61. The number of nitrogens with zero attached hydrogens (tertiary/aromatic N) is 3. The highest BCUT2D eigenvalue weighted by Crippen LogP contribution is 2.12. The minimum Gasteiger partial charge on any atom is -0.267 e. The molecule has 0 bridgehead atoms. The molecule has 4 heteroatoms. The van der Waals surface area contributed by atoms with Gasteiger partial charge in [0, 0.05) is 17.5 Å². The van der Waals surface area contributed by atoms with Gasteiger partial charge in [0.05, 0.1) is 11.9 Å². The standard InChI is InChI=1S/C13H15N3O/c1-9(2)12-5-4-11(8-14-12)16-13(17)10(3)6-7-15-16/h4-9H,1-3H3. The van der Waals surface area contributed by atoms with Crippen LogP contribution in [0.2, 0.25) is 0 Å². The van der Waals surface area contributed by atoms with Crippen molar-refractivity contribution in [1.29, 1.82) is 0 Å². The van der Waals surface area contributed by atoms with Crippen molar-refractivity contribution < 1.29 is 0 Å². The summed E-state index contributed by atoms with van der Waals surface area (Å²) in [5.74, 6) is 0.381. The number of aromatic nitrogens is 3. The number of pyridine rings is 1. The van der Waals surface area contributed by atoms with E-state index in [0.29, 0.717) is 17.2 Å². The van der Waals surface area contributed by atoms with E-state index in [9.17, 15) is 4.79 Å². The molecule has 0 aliphatic heterocycles. The lowest BCUT2D eigenvalue weighted by atomic mass is 10.1. The molecule has 0 radical (unpaired) electrons. The van der Waals surface area contributed by atoms with Crippen molar-refractivity contribution >= 4 is 0 Å².